The molecule has 0 bridgehead atoms. The third kappa shape index (κ3) is 5.31. The summed E-state index contributed by atoms with van der Waals surface area (Å²) in [6, 6.07) is 10.9. The lowest BCUT2D eigenvalue weighted by molar-refractivity contribution is -0.121. The van der Waals surface area contributed by atoms with Crippen molar-refractivity contribution in [1.29, 1.82) is 0 Å². The number of hydrogen-bond donors (Lipinski definition) is 2. The molecular formula is C19H23N3O3. The van der Waals surface area contributed by atoms with Crippen molar-refractivity contribution in [3.8, 4) is 5.88 Å². The van der Waals surface area contributed by atoms with Gasteiger partial charge >= 0.3 is 0 Å². The van der Waals surface area contributed by atoms with E-state index in [1.54, 1.807) is 31.4 Å². The fourth-order valence-electron chi connectivity index (χ4n) is 2.47. The molecule has 0 saturated carbocycles. The van der Waals surface area contributed by atoms with Gasteiger partial charge in [-0.25, -0.2) is 4.98 Å². The van der Waals surface area contributed by atoms with E-state index in [9.17, 15) is 9.59 Å². The van der Waals surface area contributed by atoms with Gasteiger partial charge in [0.1, 0.15) is 0 Å². The molecule has 0 unspecified atom stereocenters. The molecule has 2 amide bonds. The van der Waals surface area contributed by atoms with Crippen LogP contribution < -0.4 is 15.4 Å². The normalized spacial score (nSPS) is 10.2. The van der Waals surface area contributed by atoms with Crippen LogP contribution in [0, 0.1) is 13.8 Å². The Balaban J connectivity index is 1.81. The fourth-order valence-corrected chi connectivity index (χ4v) is 2.47. The predicted octanol–water partition coefficient (Wildman–Crippen LogP) is 2.14. The van der Waals surface area contributed by atoms with Crippen LogP contribution >= 0.6 is 0 Å². The summed E-state index contributed by atoms with van der Waals surface area (Å²) in [6.07, 6.45) is 0.208. The van der Waals surface area contributed by atoms with Gasteiger partial charge < -0.3 is 15.4 Å². The van der Waals surface area contributed by atoms with Crippen LogP contribution in [0.4, 0.5) is 0 Å². The highest BCUT2D eigenvalue weighted by atomic mass is 16.5. The maximum Gasteiger partial charge on any atom is 0.251 e. The van der Waals surface area contributed by atoms with Crippen molar-refractivity contribution < 1.29 is 14.3 Å². The Hall–Kier alpha value is -2.89. The van der Waals surface area contributed by atoms with E-state index in [4.69, 9.17) is 4.74 Å². The zero-order valence-electron chi connectivity index (χ0n) is 14.8. The van der Waals surface area contributed by atoms with Crippen LogP contribution in [0.2, 0.25) is 0 Å². The van der Waals surface area contributed by atoms with E-state index in [0.29, 0.717) is 18.0 Å². The maximum atomic E-state index is 12.0. The zero-order chi connectivity index (χ0) is 18.2. The number of nitrogens with one attached hydrogen (secondary N) is 2. The smallest absolute Gasteiger partial charge is 0.251 e. The molecule has 0 saturated heterocycles. The minimum atomic E-state index is -0.186. The van der Waals surface area contributed by atoms with Gasteiger partial charge in [0.05, 0.1) is 7.11 Å². The number of nitrogens with zero attached hydrogens (tertiary/aromatic N) is 1. The van der Waals surface area contributed by atoms with Gasteiger partial charge in [0.15, 0.2) is 0 Å². The third-order valence-corrected chi connectivity index (χ3v) is 3.77. The first kappa shape index (κ1) is 18.4. The summed E-state index contributed by atoms with van der Waals surface area (Å²) < 4.78 is 5.28. The van der Waals surface area contributed by atoms with Gasteiger partial charge in [-0.1, -0.05) is 18.2 Å². The van der Waals surface area contributed by atoms with Gasteiger partial charge in [0.25, 0.3) is 5.91 Å². The molecular weight excluding hydrogens is 318 g/mol. The van der Waals surface area contributed by atoms with Gasteiger partial charge in [0.2, 0.25) is 11.8 Å². The summed E-state index contributed by atoms with van der Waals surface area (Å²) in [7, 11) is 1.56. The largest absolute Gasteiger partial charge is 0.481 e. The Kier molecular flexibility index (Phi) is 6.51. The Bertz CT molecular complexity index is 745. The Morgan fingerprint density at radius 1 is 1.12 bits per heavy atom. The van der Waals surface area contributed by atoms with Crippen LogP contribution in [-0.2, 0) is 11.3 Å². The SMILES string of the molecule is COc1nc(C)cc(C)c1CNC(=O)CCNC(=O)c1ccccc1. The first-order valence-electron chi connectivity index (χ1n) is 8.12. The average Bonchev–Trinajstić information content (AvgIpc) is 2.61. The number of carbonyl (C=O) groups excluding carboxylic acids is 2. The van der Waals surface area contributed by atoms with Gasteiger partial charge in [-0.2, -0.15) is 0 Å². The number of amides is 2. The maximum absolute atomic E-state index is 12.0. The zero-order valence-corrected chi connectivity index (χ0v) is 14.8. The monoisotopic (exact) mass is 341 g/mol. The standard InChI is InChI=1S/C19H23N3O3/c1-13-11-14(2)22-19(25-3)16(13)12-21-17(23)9-10-20-18(24)15-7-5-4-6-8-15/h4-8,11H,9-10,12H2,1-3H3,(H,20,24)(H,21,23). The number of rotatable bonds is 7. The van der Waals surface area contributed by atoms with Crippen LogP contribution in [0.15, 0.2) is 36.4 Å². The molecule has 0 spiro atoms. The number of ether oxygens (including phenoxy) is 1. The first-order chi connectivity index (χ1) is 12.0. The average molecular weight is 341 g/mol. The molecule has 6 heteroatoms. The summed E-state index contributed by atoms with van der Waals surface area (Å²) in [4.78, 5) is 28.2. The summed E-state index contributed by atoms with van der Waals surface area (Å²) in [5.74, 6) is 0.194. The van der Waals surface area contributed by atoms with E-state index in [0.717, 1.165) is 16.8 Å². The van der Waals surface area contributed by atoms with E-state index < -0.39 is 0 Å². The number of aromatic nitrogens is 1. The molecule has 0 aliphatic heterocycles. The number of carbonyl (C=O) groups is 2. The fraction of sp³-hybridized carbons (Fsp3) is 0.316. The minimum absolute atomic E-state index is 0.143. The lowest BCUT2D eigenvalue weighted by Crippen LogP contribution is -2.30. The van der Waals surface area contributed by atoms with Crippen LogP contribution in [-0.4, -0.2) is 30.5 Å². The quantitative estimate of drug-likeness (QED) is 0.809. The van der Waals surface area contributed by atoms with Crippen LogP contribution in [0.5, 0.6) is 5.88 Å². The third-order valence-electron chi connectivity index (χ3n) is 3.77. The molecule has 0 fully saturated rings. The molecule has 0 atom stereocenters. The summed E-state index contributed by atoms with van der Waals surface area (Å²) >= 11 is 0. The first-order valence-corrected chi connectivity index (χ1v) is 8.12. The van der Waals surface area contributed by atoms with Gasteiger partial charge in [-0.3, -0.25) is 9.59 Å². The number of hydrogen-bond acceptors (Lipinski definition) is 4. The Labute approximate surface area is 147 Å². The van der Waals surface area contributed by atoms with E-state index in [1.807, 2.05) is 26.0 Å². The molecule has 2 aromatic rings. The molecule has 0 radical (unpaired) electrons. The van der Waals surface area contributed by atoms with Crippen molar-refractivity contribution in [1.82, 2.24) is 15.6 Å². The van der Waals surface area contributed by atoms with Crippen molar-refractivity contribution in [3.63, 3.8) is 0 Å². The lowest BCUT2D eigenvalue weighted by Gasteiger charge is -2.13. The minimum Gasteiger partial charge on any atom is -0.481 e. The topological polar surface area (TPSA) is 80.3 Å². The number of pyridine rings is 1. The van der Waals surface area contributed by atoms with E-state index >= 15 is 0 Å². The van der Waals surface area contributed by atoms with Gasteiger partial charge in [0, 0.05) is 36.3 Å². The Morgan fingerprint density at radius 3 is 2.52 bits per heavy atom. The molecule has 0 aliphatic rings. The second-order valence-corrected chi connectivity index (χ2v) is 5.72. The lowest BCUT2D eigenvalue weighted by atomic mass is 10.1. The van der Waals surface area contributed by atoms with Crippen molar-refractivity contribution in [3.05, 3.63) is 58.8 Å². The molecule has 132 valence electrons. The van der Waals surface area contributed by atoms with E-state index in [2.05, 4.69) is 15.6 Å². The second-order valence-electron chi connectivity index (χ2n) is 5.72. The summed E-state index contributed by atoms with van der Waals surface area (Å²) in [6.45, 7) is 4.47. The highest BCUT2D eigenvalue weighted by molar-refractivity contribution is 5.94. The Morgan fingerprint density at radius 2 is 1.84 bits per heavy atom. The van der Waals surface area contributed by atoms with Crippen molar-refractivity contribution in [2.75, 3.05) is 13.7 Å². The predicted molar refractivity (Wildman–Crippen MR) is 95.5 cm³/mol. The van der Waals surface area contributed by atoms with Crippen molar-refractivity contribution in [2.24, 2.45) is 0 Å². The second kappa shape index (κ2) is 8.82. The molecule has 25 heavy (non-hydrogen) atoms. The number of aryl methyl sites for hydroxylation is 2. The van der Waals surface area contributed by atoms with Crippen LogP contribution in [0.1, 0.15) is 33.6 Å². The van der Waals surface area contributed by atoms with Gasteiger partial charge in [-0.15, -0.1) is 0 Å². The molecule has 2 rings (SSSR count). The molecule has 1 heterocycles. The van der Waals surface area contributed by atoms with E-state index in [-0.39, 0.29) is 24.8 Å². The van der Waals surface area contributed by atoms with Crippen LogP contribution in [0.25, 0.3) is 0 Å². The van der Waals surface area contributed by atoms with Gasteiger partial charge in [-0.05, 0) is 37.6 Å². The summed E-state index contributed by atoms with van der Waals surface area (Å²) in [5, 5.41) is 5.57. The number of methoxy groups -OCH3 is 1. The molecule has 2 N–H and O–H groups in total. The highest BCUT2D eigenvalue weighted by Gasteiger charge is 2.11. The van der Waals surface area contributed by atoms with E-state index in [1.165, 1.54) is 0 Å². The highest BCUT2D eigenvalue weighted by Crippen LogP contribution is 2.20. The van der Waals surface area contributed by atoms with Crippen molar-refractivity contribution in [2.45, 2.75) is 26.8 Å². The summed E-state index contributed by atoms with van der Waals surface area (Å²) in [5.41, 5.74) is 3.32. The number of benzene rings is 1. The molecule has 6 nitrogen and oxygen atoms in total. The molecule has 1 aromatic heterocycles. The van der Waals surface area contributed by atoms with Crippen molar-refractivity contribution >= 4 is 11.8 Å². The molecule has 1 aromatic carbocycles. The molecule has 0 aliphatic carbocycles. The van der Waals surface area contributed by atoms with Crippen LogP contribution in [0.3, 0.4) is 0 Å².